The topological polar surface area (TPSA) is 74.8 Å². The van der Waals surface area contributed by atoms with Crippen LogP contribution >= 0.6 is 24.0 Å². The average molecular weight is 476 g/mol. The summed E-state index contributed by atoms with van der Waals surface area (Å²) in [5.41, 5.74) is 1.74. The molecular formula is C19H33IN4O2. The van der Waals surface area contributed by atoms with Crippen LogP contribution in [0.3, 0.4) is 0 Å². The number of methoxy groups -OCH3 is 1. The number of ether oxygens (including phenoxy) is 1. The number of carbonyl (C=O) groups excluding carboxylic acids is 1. The van der Waals surface area contributed by atoms with Gasteiger partial charge in [0.1, 0.15) is 0 Å². The number of hydrogen-bond acceptors (Lipinski definition) is 3. The van der Waals surface area contributed by atoms with Crippen LogP contribution in [0.15, 0.2) is 29.3 Å². The van der Waals surface area contributed by atoms with Crippen molar-refractivity contribution < 1.29 is 9.53 Å². The molecule has 0 aromatic heterocycles. The van der Waals surface area contributed by atoms with Gasteiger partial charge in [-0.3, -0.25) is 4.79 Å². The zero-order valence-electron chi connectivity index (χ0n) is 16.3. The Morgan fingerprint density at radius 2 is 1.88 bits per heavy atom. The minimum atomic E-state index is -0.0300. The van der Waals surface area contributed by atoms with Crippen LogP contribution in [0.25, 0.3) is 0 Å². The number of amides is 1. The Morgan fingerprint density at radius 3 is 2.46 bits per heavy atom. The fourth-order valence-electron chi connectivity index (χ4n) is 2.11. The van der Waals surface area contributed by atoms with Crippen LogP contribution in [0, 0.1) is 0 Å². The van der Waals surface area contributed by atoms with Crippen LogP contribution < -0.4 is 16.0 Å². The summed E-state index contributed by atoms with van der Waals surface area (Å²) in [6.07, 6.45) is 1.85. The summed E-state index contributed by atoms with van der Waals surface area (Å²) in [5.74, 6) is 0.759. The first-order chi connectivity index (χ1) is 12.1. The Morgan fingerprint density at radius 1 is 1.19 bits per heavy atom. The number of benzene rings is 1. The Balaban J connectivity index is 0.00000625. The molecule has 1 atom stereocenters. The number of aliphatic imine (C=N–C) groups is 1. The maximum atomic E-state index is 12.1. The molecule has 1 amide bonds. The van der Waals surface area contributed by atoms with Crippen molar-refractivity contribution in [3.63, 3.8) is 0 Å². The molecule has 0 saturated heterocycles. The number of guanidine groups is 1. The maximum Gasteiger partial charge on any atom is 0.251 e. The Labute approximate surface area is 174 Å². The van der Waals surface area contributed by atoms with Crippen LogP contribution in [-0.2, 0) is 11.3 Å². The van der Waals surface area contributed by atoms with Gasteiger partial charge in [0.15, 0.2) is 5.96 Å². The Kier molecular flexibility index (Phi) is 14.0. The number of nitrogens with one attached hydrogen (secondary N) is 3. The van der Waals surface area contributed by atoms with Crippen molar-refractivity contribution in [1.82, 2.24) is 16.0 Å². The fraction of sp³-hybridized carbons (Fsp3) is 0.579. The van der Waals surface area contributed by atoms with E-state index in [1.54, 1.807) is 7.11 Å². The first kappa shape index (κ1) is 24.7. The van der Waals surface area contributed by atoms with Crippen LogP contribution in [-0.4, -0.2) is 44.7 Å². The molecule has 3 N–H and O–H groups in total. The van der Waals surface area contributed by atoms with Gasteiger partial charge in [-0.25, -0.2) is 4.99 Å². The first-order valence-electron chi connectivity index (χ1n) is 9.01. The highest BCUT2D eigenvalue weighted by Gasteiger charge is 2.08. The molecule has 1 aromatic rings. The largest absolute Gasteiger partial charge is 0.385 e. The summed E-state index contributed by atoms with van der Waals surface area (Å²) in [5, 5.41) is 9.47. The Hall–Kier alpha value is -1.35. The minimum Gasteiger partial charge on any atom is -0.385 e. The second-order valence-electron chi connectivity index (χ2n) is 5.95. The summed E-state index contributed by atoms with van der Waals surface area (Å²) in [4.78, 5) is 16.6. The van der Waals surface area contributed by atoms with E-state index in [9.17, 15) is 4.79 Å². The van der Waals surface area contributed by atoms with Crippen LogP contribution in [0.5, 0.6) is 0 Å². The van der Waals surface area contributed by atoms with Crippen molar-refractivity contribution in [2.45, 2.75) is 46.2 Å². The summed E-state index contributed by atoms with van der Waals surface area (Å²) >= 11 is 0. The van der Waals surface area contributed by atoms with Crippen molar-refractivity contribution in [2.24, 2.45) is 4.99 Å². The monoisotopic (exact) mass is 476 g/mol. The lowest BCUT2D eigenvalue weighted by molar-refractivity contribution is 0.0939. The molecule has 0 spiro atoms. The van der Waals surface area contributed by atoms with E-state index in [1.807, 2.05) is 38.1 Å². The maximum absolute atomic E-state index is 12.1. The normalized spacial score (nSPS) is 12.1. The second kappa shape index (κ2) is 14.8. The predicted octanol–water partition coefficient (Wildman–Crippen LogP) is 2.92. The number of rotatable bonds is 10. The van der Waals surface area contributed by atoms with Gasteiger partial charge in [0.2, 0.25) is 0 Å². The molecule has 0 fully saturated rings. The van der Waals surface area contributed by atoms with Gasteiger partial charge < -0.3 is 20.7 Å². The molecule has 26 heavy (non-hydrogen) atoms. The van der Waals surface area contributed by atoms with Crippen molar-refractivity contribution >= 4 is 35.8 Å². The zero-order valence-corrected chi connectivity index (χ0v) is 18.6. The summed E-state index contributed by atoms with van der Waals surface area (Å²) in [6.45, 7) is 9.01. The first-order valence-corrected chi connectivity index (χ1v) is 9.01. The number of nitrogens with zero attached hydrogens (tertiary/aromatic N) is 1. The van der Waals surface area contributed by atoms with E-state index >= 15 is 0 Å². The summed E-state index contributed by atoms with van der Waals surface area (Å²) < 4.78 is 5.04. The van der Waals surface area contributed by atoms with Gasteiger partial charge >= 0.3 is 0 Å². The van der Waals surface area contributed by atoms with Gasteiger partial charge in [0.05, 0.1) is 6.54 Å². The fourth-order valence-corrected chi connectivity index (χ4v) is 2.11. The standard InChI is InChI=1S/C19H32N4O2.HI/c1-5-15(3)23-18(24)17-10-8-16(9-11-17)14-22-19(20-6-2)21-12-7-13-25-4;/h8-11,15H,5-7,12-14H2,1-4H3,(H,23,24)(H2,20,21,22);1H. The molecule has 148 valence electrons. The highest BCUT2D eigenvalue weighted by molar-refractivity contribution is 14.0. The van der Waals surface area contributed by atoms with E-state index in [0.29, 0.717) is 12.1 Å². The number of halogens is 1. The predicted molar refractivity (Wildman–Crippen MR) is 118 cm³/mol. The van der Waals surface area contributed by atoms with E-state index in [-0.39, 0.29) is 35.9 Å². The van der Waals surface area contributed by atoms with E-state index < -0.39 is 0 Å². The molecule has 0 aliphatic rings. The van der Waals surface area contributed by atoms with E-state index in [1.165, 1.54) is 0 Å². The zero-order chi connectivity index (χ0) is 18.5. The SMILES string of the molecule is CCNC(=NCc1ccc(C(=O)NC(C)CC)cc1)NCCCOC.I. The van der Waals surface area contributed by atoms with Crippen molar-refractivity contribution in [3.8, 4) is 0 Å². The molecule has 1 unspecified atom stereocenters. The molecule has 7 heteroatoms. The second-order valence-corrected chi connectivity index (χ2v) is 5.95. The Bertz CT molecular complexity index is 535. The third-order valence-electron chi connectivity index (χ3n) is 3.79. The number of carbonyl (C=O) groups is 1. The van der Waals surface area contributed by atoms with Gasteiger partial charge in [0.25, 0.3) is 5.91 Å². The quantitative estimate of drug-likeness (QED) is 0.210. The summed E-state index contributed by atoms with van der Waals surface area (Å²) in [7, 11) is 1.70. The minimum absolute atomic E-state index is 0. The molecule has 0 heterocycles. The highest BCUT2D eigenvalue weighted by Crippen LogP contribution is 2.06. The summed E-state index contributed by atoms with van der Waals surface area (Å²) in [6, 6.07) is 7.78. The van der Waals surface area contributed by atoms with Gasteiger partial charge in [-0.2, -0.15) is 0 Å². The van der Waals surface area contributed by atoms with Gasteiger partial charge in [-0.05, 0) is 44.4 Å². The van der Waals surface area contributed by atoms with Gasteiger partial charge in [-0.15, -0.1) is 24.0 Å². The van der Waals surface area contributed by atoms with Crippen molar-refractivity contribution in [3.05, 3.63) is 35.4 Å². The highest BCUT2D eigenvalue weighted by atomic mass is 127. The molecule has 1 aromatic carbocycles. The molecule has 1 rings (SSSR count). The molecular weight excluding hydrogens is 443 g/mol. The molecule has 0 bridgehead atoms. The third kappa shape index (κ3) is 9.96. The van der Waals surface area contributed by atoms with Crippen LogP contribution in [0.1, 0.15) is 49.5 Å². The van der Waals surface area contributed by atoms with E-state index in [2.05, 4.69) is 27.9 Å². The smallest absolute Gasteiger partial charge is 0.251 e. The molecule has 0 radical (unpaired) electrons. The lowest BCUT2D eigenvalue weighted by Crippen LogP contribution is -2.38. The van der Waals surface area contributed by atoms with Crippen LogP contribution in [0.2, 0.25) is 0 Å². The van der Waals surface area contributed by atoms with E-state index in [4.69, 9.17) is 4.74 Å². The lowest BCUT2D eigenvalue weighted by atomic mass is 10.1. The molecule has 0 aliphatic carbocycles. The average Bonchev–Trinajstić information content (AvgIpc) is 2.63. The third-order valence-corrected chi connectivity index (χ3v) is 3.79. The van der Waals surface area contributed by atoms with Crippen molar-refractivity contribution in [2.75, 3.05) is 26.8 Å². The lowest BCUT2D eigenvalue weighted by Gasteiger charge is -2.12. The van der Waals surface area contributed by atoms with E-state index in [0.717, 1.165) is 44.1 Å². The van der Waals surface area contributed by atoms with Crippen molar-refractivity contribution in [1.29, 1.82) is 0 Å². The van der Waals surface area contributed by atoms with Gasteiger partial charge in [0, 0.05) is 38.4 Å². The number of hydrogen-bond donors (Lipinski definition) is 3. The van der Waals surface area contributed by atoms with Gasteiger partial charge in [-0.1, -0.05) is 19.1 Å². The van der Waals surface area contributed by atoms with Crippen LogP contribution in [0.4, 0.5) is 0 Å². The molecule has 6 nitrogen and oxygen atoms in total. The molecule has 0 aliphatic heterocycles. The molecule has 0 saturated carbocycles.